The Morgan fingerprint density at radius 2 is 2.11 bits per heavy atom. The lowest BCUT2D eigenvalue weighted by atomic mass is 10.1. The summed E-state index contributed by atoms with van der Waals surface area (Å²) in [6, 6.07) is 10.2. The molecule has 5 nitrogen and oxygen atoms in total. The molecule has 0 saturated carbocycles. The second kappa shape index (κ2) is 5.83. The number of aromatic nitrogens is 2. The minimum atomic E-state index is -0.230. The molecule has 5 heteroatoms. The van der Waals surface area contributed by atoms with Gasteiger partial charge >= 0.3 is 0 Å². The molecule has 19 heavy (non-hydrogen) atoms. The molecule has 1 N–H and O–H groups in total. The maximum atomic E-state index is 11.9. The summed E-state index contributed by atoms with van der Waals surface area (Å²) in [5.74, 6) is 0.300. The fourth-order valence-electron chi connectivity index (χ4n) is 1.67. The van der Waals surface area contributed by atoms with Gasteiger partial charge in [0.15, 0.2) is 5.82 Å². The minimum Gasteiger partial charge on any atom is -0.305 e. The van der Waals surface area contributed by atoms with Crippen LogP contribution in [-0.4, -0.2) is 15.7 Å². The minimum absolute atomic E-state index is 0.230. The lowest BCUT2D eigenvalue weighted by molar-refractivity contribution is 0.102. The van der Waals surface area contributed by atoms with E-state index >= 15 is 0 Å². The quantitative estimate of drug-likeness (QED) is 0.910. The number of anilines is 1. The zero-order valence-electron chi connectivity index (χ0n) is 10.6. The second-order valence-corrected chi connectivity index (χ2v) is 4.11. The van der Waals surface area contributed by atoms with Crippen molar-refractivity contribution >= 4 is 11.7 Å². The van der Waals surface area contributed by atoms with Crippen LogP contribution >= 0.6 is 0 Å². The molecule has 0 saturated heterocycles. The van der Waals surface area contributed by atoms with Crippen LogP contribution in [0.3, 0.4) is 0 Å². The first-order valence-electron chi connectivity index (χ1n) is 6.08. The summed E-state index contributed by atoms with van der Waals surface area (Å²) in [4.78, 5) is 11.9. The number of amides is 1. The normalized spacial score (nSPS) is 9.89. The Balaban J connectivity index is 2.05. The number of benzene rings is 1. The summed E-state index contributed by atoms with van der Waals surface area (Å²) in [5, 5.41) is 15.6. The van der Waals surface area contributed by atoms with E-state index < -0.39 is 0 Å². The van der Waals surface area contributed by atoms with E-state index in [0.717, 1.165) is 13.0 Å². The van der Waals surface area contributed by atoms with Crippen LogP contribution in [0.5, 0.6) is 0 Å². The first-order valence-corrected chi connectivity index (χ1v) is 6.08. The molecule has 0 spiro atoms. The smallest absolute Gasteiger partial charge is 0.256 e. The molecule has 0 aliphatic rings. The van der Waals surface area contributed by atoms with Gasteiger partial charge in [-0.15, -0.1) is 0 Å². The number of nitrogens with one attached hydrogen (secondary N) is 1. The SMILES string of the molecule is CCCn1ccc(NC(=O)c2ccc(C#N)cc2)n1. The third-order valence-corrected chi connectivity index (χ3v) is 2.61. The Bertz CT molecular complexity index is 607. The average molecular weight is 254 g/mol. The number of carbonyl (C=O) groups excluding carboxylic acids is 1. The van der Waals surface area contributed by atoms with Gasteiger partial charge in [-0.05, 0) is 30.7 Å². The third kappa shape index (κ3) is 3.19. The van der Waals surface area contributed by atoms with Crippen LogP contribution in [0.15, 0.2) is 36.5 Å². The summed E-state index contributed by atoms with van der Waals surface area (Å²) in [5.41, 5.74) is 1.04. The van der Waals surface area contributed by atoms with Gasteiger partial charge in [0.25, 0.3) is 5.91 Å². The monoisotopic (exact) mass is 254 g/mol. The van der Waals surface area contributed by atoms with E-state index in [-0.39, 0.29) is 5.91 Å². The first kappa shape index (κ1) is 12.8. The summed E-state index contributed by atoms with van der Waals surface area (Å²) < 4.78 is 1.79. The second-order valence-electron chi connectivity index (χ2n) is 4.11. The topological polar surface area (TPSA) is 70.7 Å². The van der Waals surface area contributed by atoms with Gasteiger partial charge in [0.1, 0.15) is 0 Å². The van der Waals surface area contributed by atoms with Gasteiger partial charge in [-0.3, -0.25) is 9.48 Å². The van der Waals surface area contributed by atoms with Crippen LogP contribution in [0.4, 0.5) is 5.82 Å². The fraction of sp³-hybridized carbons (Fsp3) is 0.214. The lowest BCUT2D eigenvalue weighted by Crippen LogP contribution is -2.12. The molecule has 1 aromatic heterocycles. The predicted octanol–water partition coefficient (Wildman–Crippen LogP) is 2.42. The van der Waals surface area contributed by atoms with Gasteiger partial charge in [0, 0.05) is 24.4 Å². The highest BCUT2D eigenvalue weighted by Crippen LogP contribution is 2.08. The van der Waals surface area contributed by atoms with E-state index in [1.54, 1.807) is 35.0 Å². The van der Waals surface area contributed by atoms with Crippen molar-refractivity contribution in [1.29, 1.82) is 5.26 Å². The zero-order valence-corrected chi connectivity index (χ0v) is 10.6. The Morgan fingerprint density at radius 1 is 1.37 bits per heavy atom. The number of nitriles is 1. The van der Waals surface area contributed by atoms with Gasteiger partial charge in [-0.2, -0.15) is 10.4 Å². The van der Waals surface area contributed by atoms with E-state index in [9.17, 15) is 4.79 Å². The van der Waals surface area contributed by atoms with Gasteiger partial charge < -0.3 is 5.32 Å². The maximum absolute atomic E-state index is 11.9. The molecule has 2 rings (SSSR count). The highest BCUT2D eigenvalue weighted by Gasteiger charge is 2.07. The average Bonchev–Trinajstić information content (AvgIpc) is 2.86. The van der Waals surface area contributed by atoms with E-state index in [0.29, 0.717) is 16.9 Å². The molecule has 1 amide bonds. The number of aryl methyl sites for hydroxylation is 1. The largest absolute Gasteiger partial charge is 0.305 e. The van der Waals surface area contributed by atoms with Crippen molar-refractivity contribution in [2.24, 2.45) is 0 Å². The van der Waals surface area contributed by atoms with Crippen molar-refractivity contribution in [3.8, 4) is 6.07 Å². The predicted molar refractivity (Wildman–Crippen MR) is 71.6 cm³/mol. The third-order valence-electron chi connectivity index (χ3n) is 2.61. The van der Waals surface area contributed by atoms with E-state index in [4.69, 9.17) is 5.26 Å². The molecule has 2 aromatic rings. The number of carbonyl (C=O) groups is 1. The molecule has 0 atom stereocenters. The van der Waals surface area contributed by atoms with Crippen LogP contribution in [0.2, 0.25) is 0 Å². The van der Waals surface area contributed by atoms with Crippen LogP contribution < -0.4 is 5.32 Å². The summed E-state index contributed by atoms with van der Waals surface area (Å²) in [7, 11) is 0. The zero-order chi connectivity index (χ0) is 13.7. The van der Waals surface area contributed by atoms with Crippen molar-refractivity contribution in [1.82, 2.24) is 9.78 Å². The molecule has 96 valence electrons. The van der Waals surface area contributed by atoms with Gasteiger partial charge in [0.2, 0.25) is 0 Å². The Hall–Kier alpha value is -2.61. The molecule has 1 aromatic carbocycles. The Morgan fingerprint density at radius 3 is 2.74 bits per heavy atom. The van der Waals surface area contributed by atoms with Crippen molar-refractivity contribution in [3.63, 3.8) is 0 Å². The van der Waals surface area contributed by atoms with Gasteiger partial charge in [0.05, 0.1) is 11.6 Å². The number of nitrogens with zero attached hydrogens (tertiary/aromatic N) is 3. The Kier molecular flexibility index (Phi) is 3.94. The summed E-state index contributed by atoms with van der Waals surface area (Å²) in [6.07, 6.45) is 2.82. The molecular formula is C14H14N4O. The van der Waals surface area contributed by atoms with E-state index in [1.165, 1.54) is 0 Å². The molecule has 0 unspecified atom stereocenters. The van der Waals surface area contributed by atoms with Crippen LogP contribution in [-0.2, 0) is 6.54 Å². The van der Waals surface area contributed by atoms with Crippen LogP contribution in [0.25, 0.3) is 0 Å². The van der Waals surface area contributed by atoms with Crippen molar-refractivity contribution in [2.75, 3.05) is 5.32 Å². The van der Waals surface area contributed by atoms with Crippen LogP contribution in [0.1, 0.15) is 29.3 Å². The highest BCUT2D eigenvalue weighted by molar-refractivity contribution is 6.03. The molecular weight excluding hydrogens is 240 g/mol. The molecule has 0 aliphatic carbocycles. The molecule has 0 fully saturated rings. The number of hydrogen-bond donors (Lipinski definition) is 1. The molecule has 1 heterocycles. The van der Waals surface area contributed by atoms with E-state index in [1.807, 2.05) is 12.3 Å². The standard InChI is InChI=1S/C14H14N4O/c1-2-8-18-9-7-13(17-18)16-14(19)12-5-3-11(10-15)4-6-12/h3-7,9H,2,8H2,1H3,(H,16,17,19). The van der Waals surface area contributed by atoms with Crippen molar-refractivity contribution < 1.29 is 4.79 Å². The highest BCUT2D eigenvalue weighted by atomic mass is 16.1. The Labute approximate surface area is 111 Å². The van der Waals surface area contributed by atoms with Gasteiger partial charge in [-0.1, -0.05) is 6.92 Å². The van der Waals surface area contributed by atoms with Crippen molar-refractivity contribution in [3.05, 3.63) is 47.7 Å². The molecule has 0 aliphatic heterocycles. The summed E-state index contributed by atoms with van der Waals surface area (Å²) in [6.45, 7) is 2.89. The van der Waals surface area contributed by atoms with Crippen LogP contribution in [0, 0.1) is 11.3 Å². The number of hydrogen-bond acceptors (Lipinski definition) is 3. The fourth-order valence-corrected chi connectivity index (χ4v) is 1.67. The molecule has 0 bridgehead atoms. The first-order chi connectivity index (χ1) is 9.22. The van der Waals surface area contributed by atoms with Crippen molar-refractivity contribution in [2.45, 2.75) is 19.9 Å². The lowest BCUT2D eigenvalue weighted by Gasteiger charge is -2.02. The maximum Gasteiger partial charge on any atom is 0.256 e. The van der Waals surface area contributed by atoms with E-state index in [2.05, 4.69) is 17.3 Å². The molecule has 0 radical (unpaired) electrons. The summed E-state index contributed by atoms with van der Waals surface area (Å²) >= 11 is 0. The van der Waals surface area contributed by atoms with Gasteiger partial charge in [-0.25, -0.2) is 0 Å². The number of rotatable bonds is 4.